The molecule has 0 aromatic rings. The molecule has 2 nitrogen and oxygen atoms in total. The van der Waals surface area contributed by atoms with Crippen molar-refractivity contribution in [2.75, 3.05) is 6.54 Å². The van der Waals surface area contributed by atoms with Gasteiger partial charge in [-0.25, -0.2) is 0 Å². The molecule has 0 atom stereocenters. The first-order valence-electron chi connectivity index (χ1n) is 1.89. The van der Waals surface area contributed by atoms with Gasteiger partial charge in [-0.05, 0) is 6.92 Å². The summed E-state index contributed by atoms with van der Waals surface area (Å²) in [4.78, 5) is 0. The Morgan fingerprint density at radius 3 is 2.33 bits per heavy atom. The van der Waals surface area contributed by atoms with Crippen LogP contribution in [0.15, 0.2) is 11.8 Å². The fourth-order valence-corrected chi connectivity index (χ4v) is 0.186. The highest BCUT2D eigenvalue weighted by molar-refractivity contribution is 4.91. The zero-order chi connectivity index (χ0) is 4.99. The van der Waals surface area contributed by atoms with Crippen LogP contribution < -0.4 is 11.5 Å². The molecule has 0 amide bonds. The Labute approximate surface area is 37.8 Å². The van der Waals surface area contributed by atoms with Crippen LogP contribution in [0.1, 0.15) is 6.92 Å². The molecule has 0 rings (SSSR count). The van der Waals surface area contributed by atoms with Gasteiger partial charge in [0.2, 0.25) is 0 Å². The molecule has 0 spiro atoms. The second kappa shape index (κ2) is 2.72. The van der Waals surface area contributed by atoms with Crippen LogP contribution in [0.3, 0.4) is 0 Å². The Kier molecular flexibility index (Phi) is 2.50. The minimum Gasteiger partial charge on any atom is -0.402 e. The lowest BCUT2D eigenvalue weighted by molar-refractivity contribution is 1.18. The molecule has 36 valence electrons. The Balaban J connectivity index is 3.14. The molecule has 0 heterocycles. The molecule has 0 aromatic heterocycles. The van der Waals surface area contributed by atoms with Gasteiger partial charge in [0.05, 0.1) is 0 Å². The Morgan fingerprint density at radius 2 is 2.33 bits per heavy atom. The zero-order valence-corrected chi connectivity index (χ0v) is 3.94. The molecule has 0 saturated heterocycles. The summed E-state index contributed by atoms with van der Waals surface area (Å²) in [5.74, 6) is 0. The van der Waals surface area contributed by atoms with E-state index in [-0.39, 0.29) is 0 Å². The van der Waals surface area contributed by atoms with Gasteiger partial charge in [-0.15, -0.1) is 0 Å². The molecule has 0 aromatic carbocycles. The van der Waals surface area contributed by atoms with Gasteiger partial charge in [0.15, 0.2) is 0 Å². The average molecular weight is 86.1 g/mol. The second-order valence-corrected chi connectivity index (χ2v) is 1.18. The van der Waals surface area contributed by atoms with E-state index in [0.29, 0.717) is 6.54 Å². The van der Waals surface area contributed by atoms with Crippen molar-refractivity contribution in [1.82, 2.24) is 0 Å². The van der Waals surface area contributed by atoms with Gasteiger partial charge in [0, 0.05) is 12.2 Å². The molecule has 4 N–H and O–H groups in total. The number of hydrogen-bond donors (Lipinski definition) is 2. The number of allylic oxidation sites excluding steroid dienone is 1. The van der Waals surface area contributed by atoms with Gasteiger partial charge in [-0.3, -0.25) is 0 Å². The third-order valence-corrected chi connectivity index (χ3v) is 0.440. The molecule has 2 heteroatoms. The number of nitrogens with two attached hydrogens (primary N) is 2. The predicted molar refractivity (Wildman–Crippen MR) is 27.0 cm³/mol. The molecule has 0 radical (unpaired) electrons. The summed E-state index contributed by atoms with van der Waals surface area (Å²) in [6, 6.07) is 0. The van der Waals surface area contributed by atoms with Crippen molar-refractivity contribution in [1.29, 1.82) is 0 Å². The summed E-state index contributed by atoms with van der Waals surface area (Å²) >= 11 is 0. The smallest absolute Gasteiger partial charge is 0.0126 e. The minimum absolute atomic E-state index is 0.544. The molecule has 0 aliphatic carbocycles. The van der Waals surface area contributed by atoms with Crippen LogP contribution in [0.5, 0.6) is 0 Å². The lowest BCUT2D eigenvalue weighted by Crippen LogP contribution is -1.98. The average Bonchev–Trinajstić information content (AvgIpc) is 1.35. The fourth-order valence-electron chi connectivity index (χ4n) is 0.186. The van der Waals surface area contributed by atoms with Gasteiger partial charge in [-0.1, -0.05) is 6.08 Å². The van der Waals surface area contributed by atoms with Gasteiger partial charge in [0.25, 0.3) is 0 Å². The monoisotopic (exact) mass is 86.1 g/mol. The van der Waals surface area contributed by atoms with Crippen LogP contribution >= 0.6 is 0 Å². The van der Waals surface area contributed by atoms with Gasteiger partial charge in [-0.2, -0.15) is 0 Å². The highest BCUT2D eigenvalue weighted by Crippen LogP contribution is 1.71. The van der Waals surface area contributed by atoms with E-state index in [1.165, 1.54) is 0 Å². The number of rotatable bonds is 1. The van der Waals surface area contributed by atoms with Gasteiger partial charge in [0.1, 0.15) is 0 Å². The van der Waals surface area contributed by atoms with E-state index in [4.69, 9.17) is 11.5 Å². The maximum atomic E-state index is 5.18. The molecule has 0 aliphatic rings. The van der Waals surface area contributed by atoms with E-state index in [1.54, 1.807) is 6.08 Å². The largest absolute Gasteiger partial charge is 0.402 e. The van der Waals surface area contributed by atoms with E-state index in [9.17, 15) is 0 Å². The summed E-state index contributed by atoms with van der Waals surface area (Å²) in [5, 5.41) is 0. The summed E-state index contributed by atoms with van der Waals surface area (Å²) in [6.45, 7) is 2.36. The highest BCUT2D eigenvalue weighted by Gasteiger charge is 1.67. The normalized spacial score (nSPS) is 12.0. The molecule has 0 unspecified atom stereocenters. The second-order valence-electron chi connectivity index (χ2n) is 1.18. The van der Waals surface area contributed by atoms with E-state index in [2.05, 4.69) is 0 Å². The number of hydrogen-bond acceptors (Lipinski definition) is 2. The predicted octanol–water partition coefficient (Wildman–Crippen LogP) is -0.192. The first kappa shape index (κ1) is 5.50. The summed E-state index contributed by atoms with van der Waals surface area (Å²) in [5.41, 5.74) is 11.0. The van der Waals surface area contributed by atoms with Crippen molar-refractivity contribution in [3.05, 3.63) is 11.8 Å². The Bertz CT molecular complexity index is 52.6. The minimum atomic E-state index is 0.544. The van der Waals surface area contributed by atoms with Crippen LogP contribution in [0.2, 0.25) is 0 Å². The van der Waals surface area contributed by atoms with Crippen molar-refractivity contribution in [3.63, 3.8) is 0 Å². The lowest BCUT2D eigenvalue weighted by atomic mass is 10.5. The van der Waals surface area contributed by atoms with E-state index >= 15 is 0 Å². The SMILES string of the molecule is C/C(N)=C\CN. The molecular weight excluding hydrogens is 76.1 g/mol. The highest BCUT2D eigenvalue weighted by atomic mass is 14.6. The van der Waals surface area contributed by atoms with E-state index in [1.807, 2.05) is 6.92 Å². The topological polar surface area (TPSA) is 52.0 Å². The van der Waals surface area contributed by atoms with Crippen molar-refractivity contribution in [2.45, 2.75) is 6.92 Å². The van der Waals surface area contributed by atoms with Crippen molar-refractivity contribution in [2.24, 2.45) is 11.5 Å². The molecule has 0 aliphatic heterocycles. The summed E-state index contributed by atoms with van der Waals surface area (Å²) < 4.78 is 0. The molecule has 6 heavy (non-hydrogen) atoms. The first-order chi connectivity index (χ1) is 2.77. The quantitative estimate of drug-likeness (QED) is 0.464. The van der Waals surface area contributed by atoms with Crippen LogP contribution in [0.4, 0.5) is 0 Å². The van der Waals surface area contributed by atoms with Gasteiger partial charge >= 0.3 is 0 Å². The van der Waals surface area contributed by atoms with Crippen LogP contribution in [-0.2, 0) is 0 Å². The molecule has 0 fully saturated rings. The zero-order valence-electron chi connectivity index (χ0n) is 3.94. The van der Waals surface area contributed by atoms with E-state index < -0.39 is 0 Å². The summed E-state index contributed by atoms with van der Waals surface area (Å²) in [7, 11) is 0. The maximum Gasteiger partial charge on any atom is 0.0126 e. The molecular formula is C4H10N2. The Morgan fingerprint density at radius 1 is 1.83 bits per heavy atom. The Hall–Kier alpha value is -0.500. The van der Waals surface area contributed by atoms with Gasteiger partial charge < -0.3 is 11.5 Å². The third kappa shape index (κ3) is 3.50. The standard InChI is InChI=1S/C4H10N2/c1-4(6)2-3-5/h2H,3,5-6H2,1H3/b4-2+. The molecule has 0 bridgehead atoms. The fraction of sp³-hybridized carbons (Fsp3) is 0.500. The van der Waals surface area contributed by atoms with Crippen LogP contribution in [0, 0.1) is 0 Å². The van der Waals surface area contributed by atoms with E-state index in [0.717, 1.165) is 5.70 Å². The van der Waals surface area contributed by atoms with Crippen molar-refractivity contribution >= 4 is 0 Å². The summed E-state index contributed by atoms with van der Waals surface area (Å²) in [6.07, 6.45) is 1.76. The first-order valence-corrected chi connectivity index (χ1v) is 1.89. The van der Waals surface area contributed by atoms with Crippen LogP contribution in [-0.4, -0.2) is 6.54 Å². The van der Waals surface area contributed by atoms with Crippen molar-refractivity contribution < 1.29 is 0 Å². The lowest BCUT2D eigenvalue weighted by Gasteiger charge is -1.82. The third-order valence-electron chi connectivity index (χ3n) is 0.440. The molecule has 0 saturated carbocycles. The maximum absolute atomic E-state index is 5.18. The van der Waals surface area contributed by atoms with Crippen molar-refractivity contribution in [3.8, 4) is 0 Å². The van der Waals surface area contributed by atoms with Crippen LogP contribution in [0.25, 0.3) is 0 Å².